The minimum absolute atomic E-state index is 0.174. The summed E-state index contributed by atoms with van der Waals surface area (Å²) < 4.78 is 11.9. The van der Waals surface area contributed by atoms with Crippen molar-refractivity contribution in [3.8, 4) is 0 Å². The van der Waals surface area contributed by atoms with Gasteiger partial charge in [-0.2, -0.15) is 5.10 Å². The van der Waals surface area contributed by atoms with Crippen LogP contribution in [-0.2, 0) is 9.47 Å². The summed E-state index contributed by atoms with van der Waals surface area (Å²) in [6.45, 7) is 8.32. The predicted octanol–water partition coefficient (Wildman–Crippen LogP) is 1.92. The Morgan fingerprint density at radius 2 is 2.19 bits per heavy atom. The number of nitrogens with zero attached hydrogens (tertiary/aromatic N) is 2. The number of rotatable bonds is 5. The Bertz CT molecular complexity index is 360. The van der Waals surface area contributed by atoms with Crippen molar-refractivity contribution in [2.75, 3.05) is 13.2 Å². The smallest absolute Gasteiger partial charge is 0.341 e. The molecule has 90 valence electrons. The van der Waals surface area contributed by atoms with Crippen molar-refractivity contribution in [2.45, 2.75) is 33.9 Å². The van der Waals surface area contributed by atoms with Crippen LogP contribution in [0, 0.1) is 6.92 Å². The van der Waals surface area contributed by atoms with Gasteiger partial charge < -0.3 is 9.47 Å². The van der Waals surface area contributed by atoms with Crippen molar-refractivity contribution in [1.29, 1.82) is 0 Å². The minimum atomic E-state index is -0.338. The van der Waals surface area contributed by atoms with E-state index in [1.54, 1.807) is 24.7 Å². The van der Waals surface area contributed by atoms with Crippen LogP contribution < -0.4 is 0 Å². The monoisotopic (exact) mass is 226 g/mol. The van der Waals surface area contributed by atoms with Crippen molar-refractivity contribution in [3.63, 3.8) is 0 Å². The third kappa shape index (κ3) is 2.82. The van der Waals surface area contributed by atoms with Crippen LogP contribution in [0.1, 0.15) is 43.1 Å². The molecule has 0 saturated heterocycles. The van der Waals surface area contributed by atoms with Gasteiger partial charge in [0.2, 0.25) is 0 Å². The SMILES string of the molecule is CCOC(=O)c1cn(C(C)OCC)nc1C. The average Bonchev–Trinajstić information content (AvgIpc) is 2.61. The summed E-state index contributed by atoms with van der Waals surface area (Å²) >= 11 is 0. The Labute approximate surface area is 95.3 Å². The lowest BCUT2D eigenvalue weighted by molar-refractivity contribution is 0.0157. The highest BCUT2D eigenvalue weighted by Crippen LogP contribution is 2.13. The van der Waals surface area contributed by atoms with Crippen molar-refractivity contribution < 1.29 is 14.3 Å². The normalized spacial score (nSPS) is 12.5. The lowest BCUT2D eigenvalue weighted by atomic mass is 10.3. The zero-order chi connectivity index (χ0) is 12.1. The topological polar surface area (TPSA) is 53.4 Å². The van der Waals surface area contributed by atoms with E-state index in [-0.39, 0.29) is 12.2 Å². The van der Waals surface area contributed by atoms with Gasteiger partial charge in [0.05, 0.1) is 12.3 Å². The predicted molar refractivity (Wildman–Crippen MR) is 59.3 cm³/mol. The molecule has 1 aromatic heterocycles. The molecule has 16 heavy (non-hydrogen) atoms. The van der Waals surface area contributed by atoms with Gasteiger partial charge in [-0.25, -0.2) is 9.48 Å². The second-order valence-electron chi connectivity index (χ2n) is 3.38. The summed E-state index contributed by atoms with van der Waals surface area (Å²) in [5.41, 5.74) is 1.15. The zero-order valence-corrected chi connectivity index (χ0v) is 10.2. The summed E-state index contributed by atoms with van der Waals surface area (Å²) in [5, 5.41) is 4.22. The van der Waals surface area contributed by atoms with Crippen molar-refractivity contribution in [2.24, 2.45) is 0 Å². The summed E-state index contributed by atoms with van der Waals surface area (Å²) in [6.07, 6.45) is 1.49. The van der Waals surface area contributed by atoms with Gasteiger partial charge in [-0.15, -0.1) is 0 Å². The maximum atomic E-state index is 11.5. The fourth-order valence-electron chi connectivity index (χ4n) is 1.39. The molecule has 0 fully saturated rings. The largest absolute Gasteiger partial charge is 0.462 e. The molecule has 0 amide bonds. The first-order valence-corrected chi connectivity index (χ1v) is 5.44. The molecule has 0 N–H and O–H groups in total. The van der Waals surface area contributed by atoms with Gasteiger partial charge in [-0.3, -0.25) is 0 Å². The highest BCUT2D eigenvalue weighted by atomic mass is 16.5. The summed E-state index contributed by atoms with van der Waals surface area (Å²) in [6, 6.07) is 0. The zero-order valence-electron chi connectivity index (χ0n) is 10.2. The van der Waals surface area contributed by atoms with Gasteiger partial charge >= 0.3 is 5.97 Å². The highest BCUT2D eigenvalue weighted by molar-refractivity contribution is 5.90. The van der Waals surface area contributed by atoms with Crippen LogP contribution >= 0.6 is 0 Å². The van der Waals surface area contributed by atoms with Crippen molar-refractivity contribution >= 4 is 5.97 Å². The van der Waals surface area contributed by atoms with Gasteiger partial charge in [0.1, 0.15) is 11.8 Å². The standard InChI is InChI=1S/C11H18N2O3/c1-5-15-9(4)13-7-10(8(3)12-13)11(14)16-6-2/h7,9H,5-6H2,1-4H3. The molecule has 5 heteroatoms. The van der Waals surface area contributed by atoms with Crippen molar-refractivity contribution in [3.05, 3.63) is 17.5 Å². The molecule has 1 heterocycles. The molecule has 0 bridgehead atoms. The fourth-order valence-corrected chi connectivity index (χ4v) is 1.39. The highest BCUT2D eigenvalue weighted by Gasteiger charge is 2.16. The Morgan fingerprint density at radius 3 is 2.75 bits per heavy atom. The molecule has 0 aliphatic heterocycles. The molecule has 1 aromatic rings. The molecule has 1 atom stereocenters. The molecule has 0 aromatic carbocycles. The van der Waals surface area contributed by atoms with Gasteiger partial charge in [-0.1, -0.05) is 0 Å². The number of hydrogen-bond donors (Lipinski definition) is 0. The van der Waals surface area contributed by atoms with Crippen LogP contribution in [0.4, 0.5) is 0 Å². The first-order valence-electron chi connectivity index (χ1n) is 5.44. The molecule has 1 unspecified atom stereocenters. The number of carbonyl (C=O) groups excluding carboxylic acids is 1. The van der Waals surface area contributed by atoms with E-state index in [4.69, 9.17) is 9.47 Å². The van der Waals surface area contributed by atoms with Gasteiger partial charge in [0.15, 0.2) is 0 Å². The maximum Gasteiger partial charge on any atom is 0.341 e. The van der Waals surface area contributed by atoms with Crippen LogP contribution in [0.2, 0.25) is 0 Å². The fraction of sp³-hybridized carbons (Fsp3) is 0.636. The van der Waals surface area contributed by atoms with Gasteiger partial charge in [-0.05, 0) is 27.7 Å². The molecule has 0 saturated carbocycles. The maximum absolute atomic E-state index is 11.5. The minimum Gasteiger partial charge on any atom is -0.462 e. The molecule has 1 rings (SSSR count). The van der Waals surface area contributed by atoms with Gasteiger partial charge in [0, 0.05) is 12.8 Å². The van der Waals surface area contributed by atoms with E-state index in [2.05, 4.69) is 5.10 Å². The van der Waals surface area contributed by atoms with Crippen LogP contribution in [0.3, 0.4) is 0 Å². The molecule has 0 spiro atoms. The lowest BCUT2D eigenvalue weighted by Crippen LogP contribution is -2.10. The van der Waals surface area contributed by atoms with Gasteiger partial charge in [0.25, 0.3) is 0 Å². The van der Waals surface area contributed by atoms with E-state index in [1.165, 1.54) is 0 Å². The second-order valence-corrected chi connectivity index (χ2v) is 3.38. The number of hydrogen-bond acceptors (Lipinski definition) is 4. The van der Waals surface area contributed by atoms with Crippen LogP contribution in [0.15, 0.2) is 6.20 Å². The molecule has 0 aliphatic rings. The molecular weight excluding hydrogens is 208 g/mol. The van der Waals surface area contributed by atoms with E-state index >= 15 is 0 Å². The first-order chi connectivity index (χ1) is 7.60. The number of carbonyl (C=O) groups is 1. The second kappa shape index (κ2) is 5.65. The number of aryl methyl sites for hydroxylation is 1. The lowest BCUT2D eigenvalue weighted by Gasteiger charge is -2.11. The number of esters is 1. The first kappa shape index (κ1) is 12.7. The number of ether oxygens (including phenoxy) is 2. The van der Waals surface area contributed by atoms with E-state index in [0.29, 0.717) is 24.5 Å². The van der Waals surface area contributed by atoms with Crippen LogP contribution in [-0.4, -0.2) is 29.0 Å². The summed E-state index contributed by atoms with van der Waals surface area (Å²) in [4.78, 5) is 11.5. The Balaban J connectivity index is 2.84. The Morgan fingerprint density at radius 1 is 1.50 bits per heavy atom. The van der Waals surface area contributed by atoms with E-state index in [9.17, 15) is 4.79 Å². The van der Waals surface area contributed by atoms with E-state index < -0.39 is 0 Å². The Hall–Kier alpha value is -1.36. The summed E-state index contributed by atoms with van der Waals surface area (Å²) in [7, 11) is 0. The molecule has 5 nitrogen and oxygen atoms in total. The third-order valence-corrected chi connectivity index (χ3v) is 2.19. The molecule has 0 aliphatic carbocycles. The molecule has 0 radical (unpaired) electrons. The quantitative estimate of drug-likeness (QED) is 0.720. The van der Waals surface area contributed by atoms with Crippen LogP contribution in [0.25, 0.3) is 0 Å². The van der Waals surface area contributed by atoms with Crippen molar-refractivity contribution in [1.82, 2.24) is 9.78 Å². The van der Waals surface area contributed by atoms with E-state index in [0.717, 1.165) is 0 Å². The van der Waals surface area contributed by atoms with Crippen LogP contribution in [0.5, 0.6) is 0 Å². The average molecular weight is 226 g/mol. The Kier molecular flexibility index (Phi) is 4.49. The molecular formula is C11H18N2O3. The third-order valence-electron chi connectivity index (χ3n) is 2.19. The van der Waals surface area contributed by atoms with E-state index in [1.807, 2.05) is 13.8 Å². The summed E-state index contributed by atoms with van der Waals surface area (Å²) in [5.74, 6) is -0.338. The number of aromatic nitrogens is 2.